The zero-order valence-corrected chi connectivity index (χ0v) is 13.4. The van der Waals surface area contributed by atoms with Crippen molar-refractivity contribution in [2.24, 2.45) is 11.7 Å². The molecule has 0 unspecified atom stereocenters. The first-order chi connectivity index (χ1) is 10.1. The molecule has 3 rings (SSSR count). The normalized spacial score (nSPS) is 26.1. The number of nitrogens with zero attached hydrogens (tertiary/aromatic N) is 3. The summed E-state index contributed by atoms with van der Waals surface area (Å²) in [7, 11) is 0. The van der Waals surface area contributed by atoms with E-state index in [0.717, 1.165) is 42.3 Å². The van der Waals surface area contributed by atoms with Crippen LogP contribution in [0.15, 0.2) is 9.90 Å². The SMILES string of the molecule is CCC1CCC(N)(c2nc(Cc3csc(C)n3)no2)CC1. The van der Waals surface area contributed by atoms with Gasteiger partial charge in [-0.05, 0) is 38.5 Å². The van der Waals surface area contributed by atoms with Gasteiger partial charge in [-0.3, -0.25) is 0 Å². The Bertz CT molecular complexity index is 598. The van der Waals surface area contributed by atoms with Crippen LogP contribution in [0.3, 0.4) is 0 Å². The molecule has 0 radical (unpaired) electrons. The minimum Gasteiger partial charge on any atom is -0.337 e. The molecule has 114 valence electrons. The molecule has 1 aliphatic rings. The third-order valence-corrected chi connectivity index (χ3v) is 5.30. The number of thiazole rings is 1. The van der Waals surface area contributed by atoms with Gasteiger partial charge in [0, 0.05) is 5.38 Å². The molecule has 0 aliphatic heterocycles. The van der Waals surface area contributed by atoms with Crippen molar-refractivity contribution in [1.82, 2.24) is 15.1 Å². The summed E-state index contributed by atoms with van der Waals surface area (Å²) in [5.74, 6) is 2.07. The maximum Gasteiger partial charge on any atom is 0.246 e. The smallest absolute Gasteiger partial charge is 0.246 e. The van der Waals surface area contributed by atoms with Crippen LogP contribution in [0.25, 0.3) is 0 Å². The maximum absolute atomic E-state index is 6.50. The van der Waals surface area contributed by atoms with Crippen molar-refractivity contribution in [2.75, 3.05) is 0 Å². The molecule has 2 aromatic rings. The van der Waals surface area contributed by atoms with E-state index in [0.29, 0.717) is 18.1 Å². The van der Waals surface area contributed by atoms with Gasteiger partial charge in [-0.25, -0.2) is 4.98 Å². The third kappa shape index (κ3) is 3.16. The highest BCUT2D eigenvalue weighted by molar-refractivity contribution is 7.09. The van der Waals surface area contributed by atoms with Gasteiger partial charge in [-0.15, -0.1) is 11.3 Å². The number of hydrogen-bond donors (Lipinski definition) is 1. The van der Waals surface area contributed by atoms with Crippen LogP contribution >= 0.6 is 11.3 Å². The summed E-state index contributed by atoms with van der Waals surface area (Å²) >= 11 is 1.64. The van der Waals surface area contributed by atoms with Crippen LogP contribution in [0.5, 0.6) is 0 Å². The molecular weight excluding hydrogens is 284 g/mol. The fourth-order valence-corrected chi connectivity index (χ4v) is 3.61. The lowest BCUT2D eigenvalue weighted by atomic mass is 9.76. The lowest BCUT2D eigenvalue weighted by Crippen LogP contribution is -2.40. The van der Waals surface area contributed by atoms with E-state index in [1.54, 1.807) is 11.3 Å². The molecule has 0 atom stereocenters. The summed E-state index contributed by atoms with van der Waals surface area (Å²) in [5.41, 5.74) is 7.05. The highest BCUT2D eigenvalue weighted by atomic mass is 32.1. The Hall–Kier alpha value is -1.27. The third-order valence-electron chi connectivity index (χ3n) is 4.47. The average Bonchev–Trinajstić information content (AvgIpc) is 3.10. The van der Waals surface area contributed by atoms with Gasteiger partial charge in [-0.2, -0.15) is 4.98 Å². The lowest BCUT2D eigenvalue weighted by molar-refractivity contribution is 0.181. The lowest BCUT2D eigenvalue weighted by Gasteiger charge is -2.33. The van der Waals surface area contributed by atoms with Gasteiger partial charge in [0.05, 0.1) is 22.7 Å². The second kappa shape index (κ2) is 5.85. The Kier molecular flexibility index (Phi) is 4.08. The first-order valence-electron chi connectivity index (χ1n) is 7.62. The van der Waals surface area contributed by atoms with E-state index in [4.69, 9.17) is 10.3 Å². The molecule has 5 nitrogen and oxygen atoms in total. The standard InChI is InChI=1S/C15H22N4OS/c1-3-11-4-6-15(16,7-5-11)14-18-13(19-20-14)8-12-9-21-10(2)17-12/h9,11H,3-8,16H2,1-2H3. The molecule has 0 aromatic carbocycles. The van der Waals surface area contributed by atoms with Crippen molar-refractivity contribution in [3.8, 4) is 0 Å². The summed E-state index contributed by atoms with van der Waals surface area (Å²) in [4.78, 5) is 8.95. The van der Waals surface area contributed by atoms with Crippen molar-refractivity contribution in [3.63, 3.8) is 0 Å². The summed E-state index contributed by atoms with van der Waals surface area (Å²) in [6, 6.07) is 0. The molecule has 2 aromatic heterocycles. The maximum atomic E-state index is 6.50. The predicted octanol–water partition coefficient (Wildman–Crippen LogP) is 3.18. The number of aryl methyl sites for hydroxylation is 1. The second-order valence-corrected chi connectivity index (χ2v) is 7.12. The molecular formula is C15H22N4OS. The van der Waals surface area contributed by atoms with Crippen molar-refractivity contribution in [2.45, 2.75) is 57.9 Å². The van der Waals surface area contributed by atoms with Crippen LogP contribution in [0.1, 0.15) is 61.4 Å². The summed E-state index contributed by atoms with van der Waals surface area (Å²) in [5, 5.41) is 7.17. The molecule has 2 N–H and O–H groups in total. The van der Waals surface area contributed by atoms with Crippen LogP contribution in [-0.2, 0) is 12.0 Å². The summed E-state index contributed by atoms with van der Waals surface area (Å²) < 4.78 is 5.44. The molecule has 0 bridgehead atoms. The Balaban J connectivity index is 1.69. The van der Waals surface area contributed by atoms with Gasteiger partial charge in [0.2, 0.25) is 5.89 Å². The number of aromatic nitrogens is 3. The first kappa shape index (κ1) is 14.7. The molecule has 0 amide bonds. The Labute approximate surface area is 129 Å². The summed E-state index contributed by atoms with van der Waals surface area (Å²) in [6.07, 6.45) is 6.01. The topological polar surface area (TPSA) is 77.8 Å². The highest BCUT2D eigenvalue weighted by Crippen LogP contribution is 2.37. The second-order valence-electron chi connectivity index (χ2n) is 6.06. The van der Waals surface area contributed by atoms with Crippen molar-refractivity contribution < 1.29 is 4.52 Å². The first-order valence-corrected chi connectivity index (χ1v) is 8.50. The molecule has 0 spiro atoms. The quantitative estimate of drug-likeness (QED) is 0.938. The van der Waals surface area contributed by atoms with E-state index in [-0.39, 0.29) is 0 Å². The largest absolute Gasteiger partial charge is 0.337 e. The van der Waals surface area contributed by atoms with Crippen LogP contribution in [0, 0.1) is 12.8 Å². The molecule has 1 saturated carbocycles. The van der Waals surface area contributed by atoms with E-state index in [2.05, 4.69) is 22.0 Å². The molecule has 21 heavy (non-hydrogen) atoms. The fourth-order valence-electron chi connectivity index (χ4n) is 2.99. The van der Waals surface area contributed by atoms with Gasteiger partial charge in [0.1, 0.15) is 0 Å². The van der Waals surface area contributed by atoms with Crippen LogP contribution in [0.2, 0.25) is 0 Å². The molecule has 0 saturated heterocycles. The number of rotatable bonds is 4. The van der Waals surface area contributed by atoms with Crippen LogP contribution in [0.4, 0.5) is 0 Å². The molecule has 1 aliphatic carbocycles. The van der Waals surface area contributed by atoms with Gasteiger partial charge >= 0.3 is 0 Å². The number of hydrogen-bond acceptors (Lipinski definition) is 6. The van der Waals surface area contributed by atoms with E-state index in [9.17, 15) is 0 Å². The van der Waals surface area contributed by atoms with E-state index in [1.165, 1.54) is 6.42 Å². The molecule has 1 fully saturated rings. The van der Waals surface area contributed by atoms with Gasteiger partial charge in [0.25, 0.3) is 0 Å². The average molecular weight is 306 g/mol. The Morgan fingerprint density at radius 1 is 1.38 bits per heavy atom. The van der Waals surface area contributed by atoms with Crippen molar-refractivity contribution >= 4 is 11.3 Å². The Morgan fingerprint density at radius 2 is 2.14 bits per heavy atom. The number of nitrogens with two attached hydrogens (primary N) is 1. The highest BCUT2D eigenvalue weighted by Gasteiger charge is 2.37. The van der Waals surface area contributed by atoms with Gasteiger partial charge in [0.15, 0.2) is 5.82 Å². The fraction of sp³-hybridized carbons (Fsp3) is 0.667. The predicted molar refractivity (Wildman–Crippen MR) is 82.1 cm³/mol. The minimum absolute atomic E-state index is 0.436. The van der Waals surface area contributed by atoms with Gasteiger partial charge < -0.3 is 10.3 Å². The Morgan fingerprint density at radius 3 is 2.76 bits per heavy atom. The van der Waals surface area contributed by atoms with E-state index in [1.807, 2.05) is 12.3 Å². The molecule has 2 heterocycles. The van der Waals surface area contributed by atoms with Crippen molar-refractivity contribution in [1.29, 1.82) is 0 Å². The van der Waals surface area contributed by atoms with E-state index >= 15 is 0 Å². The monoisotopic (exact) mass is 306 g/mol. The minimum atomic E-state index is -0.436. The molecule has 6 heteroatoms. The van der Waals surface area contributed by atoms with Gasteiger partial charge in [-0.1, -0.05) is 18.5 Å². The summed E-state index contributed by atoms with van der Waals surface area (Å²) in [6.45, 7) is 4.24. The zero-order chi connectivity index (χ0) is 14.9. The van der Waals surface area contributed by atoms with Crippen LogP contribution < -0.4 is 5.73 Å². The zero-order valence-electron chi connectivity index (χ0n) is 12.6. The van der Waals surface area contributed by atoms with Crippen molar-refractivity contribution in [3.05, 3.63) is 27.8 Å². The van der Waals surface area contributed by atoms with Crippen LogP contribution in [-0.4, -0.2) is 15.1 Å². The van der Waals surface area contributed by atoms with E-state index < -0.39 is 5.54 Å².